The minimum absolute atomic E-state index is 3.21. The van der Waals surface area contributed by atoms with E-state index in [0.29, 0.717) is 0 Å². The van der Waals surface area contributed by atoms with E-state index in [-0.39, 0.29) is 0 Å². The van der Waals surface area contributed by atoms with Crippen LogP contribution in [0.25, 0.3) is 0 Å². The zero-order valence-corrected chi connectivity index (χ0v) is 8.20. The molecule has 0 atom stereocenters. The fraction of sp³-hybridized carbons (Fsp3) is 0.800. The second kappa shape index (κ2) is 3.86. The van der Waals surface area contributed by atoms with Gasteiger partial charge in [-0.15, -0.1) is 0 Å². The normalized spacial score (nSPS) is 15.1. The van der Waals surface area contributed by atoms with Crippen molar-refractivity contribution in [1.29, 1.82) is 0 Å². The lowest BCUT2D eigenvalue weighted by Gasteiger charge is -2.32. The first-order chi connectivity index (χ1) is 6.69. The molecule has 0 N–H and O–H groups in total. The molecule has 0 aliphatic heterocycles. The highest BCUT2D eigenvalue weighted by molar-refractivity contribution is 6.65. The first-order valence-electron chi connectivity index (χ1n) is 3.09. The van der Waals surface area contributed by atoms with Crippen molar-refractivity contribution in [3.05, 3.63) is 0 Å². The lowest BCUT2D eigenvalue weighted by atomic mass is 10.1. The van der Waals surface area contributed by atoms with E-state index >= 15 is 0 Å². The van der Waals surface area contributed by atoms with Crippen LogP contribution in [-0.4, -0.2) is 28.4 Å². The third-order valence-corrected chi connectivity index (χ3v) is 1.87. The van der Waals surface area contributed by atoms with Gasteiger partial charge in [0.15, 0.2) is 0 Å². The summed E-state index contributed by atoms with van der Waals surface area (Å²) in [5.74, 6) is -19.6. The molecule has 16 heavy (non-hydrogen) atoms. The smallest absolute Gasteiger partial charge is 0.274 e. The Morgan fingerprint density at radius 3 is 1.31 bits per heavy atom. The highest BCUT2D eigenvalue weighted by Crippen LogP contribution is 2.54. The summed E-state index contributed by atoms with van der Waals surface area (Å²) in [6.07, 6.45) is 0. The molecule has 0 heterocycles. The fourth-order valence-corrected chi connectivity index (χ4v) is 0.736. The first kappa shape index (κ1) is 15.7. The van der Waals surface area contributed by atoms with Gasteiger partial charge < -0.3 is 0 Å². The average Bonchev–Trinajstić information content (AvgIpc) is 2.00. The van der Waals surface area contributed by atoms with Crippen LogP contribution in [0.3, 0.4) is 0 Å². The predicted molar refractivity (Wildman–Crippen MR) is 36.5 cm³/mol. The van der Waals surface area contributed by atoms with Crippen LogP contribution in [0, 0.1) is 0 Å². The number of alkyl halides is 9. The van der Waals surface area contributed by atoms with Crippen LogP contribution < -0.4 is 0 Å². The van der Waals surface area contributed by atoms with E-state index in [1.165, 1.54) is 0 Å². The molecule has 0 bridgehead atoms. The molecule has 0 rings (SSSR count). The quantitative estimate of drug-likeness (QED) is 0.441. The average molecular weight is 299 g/mol. The maximum atomic E-state index is 12.4. The summed E-state index contributed by atoms with van der Waals surface area (Å²) in [6.45, 7) is 0. The molecule has 1 nitrogen and oxygen atoms in total. The summed E-state index contributed by atoms with van der Waals surface area (Å²) >= 11 is 7.49. The number of carbonyl (C=O) groups excluding carboxylic acids is 1. The molecule has 0 radical (unpaired) electrons. The van der Waals surface area contributed by atoms with E-state index in [9.17, 15) is 39.9 Å². The Balaban J connectivity index is 5.62. The summed E-state index contributed by atoms with van der Waals surface area (Å²) in [6, 6.07) is 0. The molecule has 0 spiro atoms. The van der Waals surface area contributed by atoms with E-state index in [1.807, 2.05) is 0 Å². The molecule has 0 saturated carbocycles. The lowest BCUT2D eigenvalue weighted by Crippen LogP contribution is -2.62. The molecule has 0 amide bonds. The largest absolute Gasteiger partial charge is 0.393 e. The topological polar surface area (TPSA) is 17.1 Å². The van der Waals surface area contributed by atoms with Gasteiger partial charge in [-0.05, 0) is 23.2 Å². The Bertz CT molecular complexity index is 295. The van der Waals surface area contributed by atoms with Gasteiger partial charge in [0.25, 0.3) is 5.24 Å². The molecule has 11 heteroatoms. The van der Waals surface area contributed by atoms with Gasteiger partial charge in [0, 0.05) is 0 Å². The zero-order chi connectivity index (χ0) is 13.6. The van der Waals surface area contributed by atoms with Crippen molar-refractivity contribution >= 4 is 28.4 Å². The van der Waals surface area contributed by atoms with Gasteiger partial charge in [-0.1, -0.05) is 0 Å². The Hall–Kier alpha value is -0.310. The van der Waals surface area contributed by atoms with E-state index in [1.54, 1.807) is 0 Å². The lowest BCUT2D eigenvalue weighted by molar-refractivity contribution is -0.335. The van der Waals surface area contributed by atoms with Gasteiger partial charge in [-0.3, -0.25) is 4.79 Å². The van der Waals surface area contributed by atoms with Crippen molar-refractivity contribution in [1.82, 2.24) is 0 Å². The molecule has 0 unspecified atom stereocenters. The van der Waals surface area contributed by atoms with Crippen molar-refractivity contribution in [2.45, 2.75) is 23.1 Å². The number of hydrogen-bond acceptors (Lipinski definition) is 1. The van der Waals surface area contributed by atoms with Crippen LogP contribution in [0.5, 0.6) is 0 Å². The van der Waals surface area contributed by atoms with Crippen molar-refractivity contribution in [2.24, 2.45) is 0 Å². The molecule has 0 aliphatic carbocycles. The van der Waals surface area contributed by atoms with Crippen LogP contribution >= 0.6 is 23.2 Å². The first-order valence-corrected chi connectivity index (χ1v) is 3.85. The molecule has 0 aromatic carbocycles. The van der Waals surface area contributed by atoms with Crippen molar-refractivity contribution in [3.63, 3.8) is 0 Å². The SMILES string of the molecule is O=C(Cl)C(F)(F)C(F)(F)C(F)(F)C(F)(F)Cl. The minimum atomic E-state index is -6.73. The highest BCUT2D eigenvalue weighted by Gasteiger charge is 2.82. The second-order valence-corrected chi connectivity index (χ2v) is 3.31. The van der Waals surface area contributed by atoms with Crippen LogP contribution in [0.4, 0.5) is 35.1 Å². The number of hydrogen-bond donors (Lipinski definition) is 0. The van der Waals surface area contributed by atoms with Gasteiger partial charge in [-0.2, -0.15) is 35.1 Å². The molecule has 0 aromatic heterocycles. The molecular formula is C5Cl2F8O. The third-order valence-electron chi connectivity index (χ3n) is 1.39. The molecule has 0 aliphatic rings. The molecule has 96 valence electrons. The number of halogens is 10. The molecular weight excluding hydrogens is 299 g/mol. The summed E-state index contributed by atoms with van der Waals surface area (Å²) in [7, 11) is 0. The number of rotatable bonds is 4. The van der Waals surface area contributed by atoms with E-state index in [4.69, 9.17) is 0 Å². The Kier molecular flexibility index (Phi) is 3.79. The van der Waals surface area contributed by atoms with Crippen molar-refractivity contribution < 1.29 is 39.9 Å². The third kappa shape index (κ3) is 2.06. The van der Waals surface area contributed by atoms with Crippen LogP contribution in [0.15, 0.2) is 0 Å². The molecule has 0 saturated heterocycles. The van der Waals surface area contributed by atoms with Gasteiger partial charge in [0.1, 0.15) is 0 Å². The monoisotopic (exact) mass is 298 g/mol. The Morgan fingerprint density at radius 1 is 0.812 bits per heavy atom. The van der Waals surface area contributed by atoms with Gasteiger partial charge in [-0.25, -0.2) is 0 Å². The van der Waals surface area contributed by atoms with E-state index < -0.39 is 28.4 Å². The van der Waals surface area contributed by atoms with Gasteiger partial charge >= 0.3 is 23.1 Å². The van der Waals surface area contributed by atoms with Crippen molar-refractivity contribution in [2.75, 3.05) is 0 Å². The standard InChI is InChI=1S/C5Cl2F8O/c6-1(16)2(8,9)3(10,11)4(12,13)5(7,14)15. The summed E-state index contributed by atoms with van der Waals surface area (Å²) in [4.78, 5) is 9.80. The Labute approximate surface area is 92.3 Å². The summed E-state index contributed by atoms with van der Waals surface area (Å²) in [5.41, 5.74) is 0. The Morgan fingerprint density at radius 2 is 1.12 bits per heavy atom. The van der Waals surface area contributed by atoms with Crippen LogP contribution in [-0.2, 0) is 4.79 Å². The van der Waals surface area contributed by atoms with Crippen LogP contribution in [0.1, 0.15) is 0 Å². The molecule has 0 fully saturated rings. The summed E-state index contributed by atoms with van der Waals surface area (Å²) < 4.78 is 97.4. The minimum Gasteiger partial charge on any atom is -0.274 e. The second-order valence-electron chi connectivity index (χ2n) is 2.49. The van der Waals surface area contributed by atoms with Crippen molar-refractivity contribution in [3.8, 4) is 0 Å². The zero-order valence-electron chi connectivity index (χ0n) is 6.69. The van der Waals surface area contributed by atoms with E-state index in [2.05, 4.69) is 23.2 Å². The highest BCUT2D eigenvalue weighted by atomic mass is 35.5. The molecule has 0 aromatic rings. The fourth-order valence-electron chi connectivity index (χ4n) is 0.499. The van der Waals surface area contributed by atoms with Gasteiger partial charge in [0.05, 0.1) is 0 Å². The van der Waals surface area contributed by atoms with Crippen LogP contribution in [0.2, 0.25) is 0 Å². The number of carbonyl (C=O) groups is 1. The maximum Gasteiger partial charge on any atom is 0.393 e. The van der Waals surface area contributed by atoms with E-state index in [0.717, 1.165) is 0 Å². The predicted octanol–water partition coefficient (Wildman–Crippen LogP) is 3.49. The maximum absolute atomic E-state index is 12.4. The summed E-state index contributed by atoms with van der Waals surface area (Å²) in [5, 5.41) is -9.19. The van der Waals surface area contributed by atoms with Gasteiger partial charge in [0.2, 0.25) is 0 Å².